The molecule has 508 valence electrons. The van der Waals surface area contributed by atoms with Gasteiger partial charge in [-0.25, -0.2) is 9.18 Å². The van der Waals surface area contributed by atoms with Crippen LogP contribution in [0.1, 0.15) is 94.9 Å². The lowest BCUT2D eigenvalue weighted by atomic mass is 9.99. The molecule has 1 aliphatic rings. The first-order valence-corrected chi connectivity index (χ1v) is 30.8. The first-order valence-electron chi connectivity index (χ1n) is 30.8. The van der Waals surface area contributed by atoms with E-state index in [-0.39, 0.29) is 87.8 Å². The number of rotatable bonds is 36. The molecular weight excluding hydrogens is 1220 g/mol. The number of carbonyl (C=O) groups is 12. The van der Waals surface area contributed by atoms with Crippen LogP contribution in [-0.4, -0.2) is 170 Å². The van der Waals surface area contributed by atoms with Gasteiger partial charge in [-0.05, 0) is 109 Å². The number of benzene rings is 4. The summed E-state index contributed by atoms with van der Waals surface area (Å²) in [5.41, 5.74) is 18.9. The SMILES string of the molecule is CC(C)C[C@H](NC(=O)[C@H](CCCN)NC(=O)[C@@H](N)C(C)C)C(=O)N[C@@H](Cc1ccc(O)cc1)C(=O)N1CCC[C@H]1C(=O)N[C@@H](Cc1ccc(F)cc1)C(=O)N[C@@H](Cc1ccccc1)C(=O)N[C@@H](CC(N)=O)C(=O)N[C@@H](CC(=O)O)C(=O)N[C@@H](Cc1ccc(O)cc1)C(=O)O. The lowest BCUT2D eigenvalue weighted by Gasteiger charge is -2.31. The molecule has 28 nitrogen and oxygen atoms in total. The number of carbonyl (C=O) groups excluding carboxylic acids is 10. The van der Waals surface area contributed by atoms with Gasteiger partial charge in [0.2, 0.25) is 59.1 Å². The van der Waals surface area contributed by atoms with Gasteiger partial charge in [0.1, 0.15) is 71.7 Å². The van der Waals surface area contributed by atoms with Crippen LogP contribution in [0.2, 0.25) is 0 Å². The monoisotopic (exact) mass is 1310 g/mol. The number of primary amides is 1. The molecule has 1 fully saturated rings. The van der Waals surface area contributed by atoms with Crippen molar-refractivity contribution in [3.05, 3.63) is 131 Å². The Hall–Kier alpha value is -10.0. The fraction of sp³-hybridized carbons (Fsp3) is 0.446. The number of phenolic OH excluding ortho intramolecular Hbond substituents is 2. The number of hydrogen-bond donors (Lipinski definition) is 15. The van der Waals surface area contributed by atoms with Gasteiger partial charge in [0.25, 0.3) is 0 Å². The summed E-state index contributed by atoms with van der Waals surface area (Å²) in [4.78, 5) is 166. The summed E-state index contributed by atoms with van der Waals surface area (Å²) < 4.78 is 14.3. The molecule has 10 atom stereocenters. The second-order valence-electron chi connectivity index (χ2n) is 23.9. The van der Waals surface area contributed by atoms with Crippen molar-refractivity contribution in [2.45, 2.75) is 159 Å². The normalized spacial score (nSPS) is 15.7. The minimum absolute atomic E-state index is 0.0220. The summed E-state index contributed by atoms with van der Waals surface area (Å²) in [5, 5.41) is 59.7. The molecular formula is C65H85FN12O16. The van der Waals surface area contributed by atoms with Crippen LogP contribution >= 0.6 is 0 Å². The maximum absolute atomic E-state index is 15.0. The minimum atomic E-state index is -2.01. The van der Waals surface area contributed by atoms with E-state index in [1.165, 1.54) is 65.6 Å². The molecule has 94 heavy (non-hydrogen) atoms. The number of carboxylic acids is 2. The van der Waals surface area contributed by atoms with Crippen molar-refractivity contribution in [3.8, 4) is 11.5 Å². The molecule has 0 bridgehead atoms. The molecule has 10 amide bonds. The zero-order chi connectivity index (χ0) is 69.3. The Bertz CT molecular complexity index is 3290. The Kier molecular flexibility index (Phi) is 28.8. The average molecular weight is 1310 g/mol. The van der Waals surface area contributed by atoms with Crippen LogP contribution in [0.3, 0.4) is 0 Å². The van der Waals surface area contributed by atoms with Gasteiger partial charge in [0, 0.05) is 32.2 Å². The number of amides is 10. The number of halogens is 1. The largest absolute Gasteiger partial charge is 0.508 e. The number of phenols is 2. The molecule has 1 saturated heterocycles. The van der Waals surface area contributed by atoms with Gasteiger partial charge in [-0.2, -0.15) is 0 Å². The van der Waals surface area contributed by atoms with Gasteiger partial charge in [-0.3, -0.25) is 52.7 Å². The average Bonchev–Trinajstić information content (AvgIpc) is 1.62. The van der Waals surface area contributed by atoms with E-state index in [1.807, 2.05) is 0 Å². The van der Waals surface area contributed by atoms with Crippen molar-refractivity contribution in [2.24, 2.45) is 29.0 Å². The third kappa shape index (κ3) is 23.9. The van der Waals surface area contributed by atoms with Crippen molar-refractivity contribution in [1.29, 1.82) is 0 Å². The fourth-order valence-corrected chi connectivity index (χ4v) is 10.3. The number of nitrogens with two attached hydrogens (primary N) is 3. The molecule has 1 aliphatic heterocycles. The quantitative estimate of drug-likeness (QED) is 0.0275. The smallest absolute Gasteiger partial charge is 0.326 e. The number of aliphatic carboxylic acids is 2. The summed E-state index contributed by atoms with van der Waals surface area (Å²) in [6, 6.07) is 9.07. The fourth-order valence-electron chi connectivity index (χ4n) is 10.3. The molecule has 4 aromatic rings. The van der Waals surface area contributed by atoms with Crippen molar-refractivity contribution in [1.82, 2.24) is 47.4 Å². The molecule has 0 spiro atoms. The van der Waals surface area contributed by atoms with Crippen LogP contribution in [0, 0.1) is 17.7 Å². The highest BCUT2D eigenvalue weighted by Gasteiger charge is 2.41. The Morgan fingerprint density at radius 2 is 0.936 bits per heavy atom. The Morgan fingerprint density at radius 1 is 0.521 bits per heavy atom. The third-order valence-electron chi connectivity index (χ3n) is 15.5. The summed E-state index contributed by atoms with van der Waals surface area (Å²) in [7, 11) is 0. The van der Waals surface area contributed by atoms with E-state index in [4.69, 9.17) is 17.2 Å². The molecule has 5 rings (SSSR count). The molecule has 4 aromatic carbocycles. The number of hydrogen-bond acceptors (Lipinski definition) is 16. The molecule has 29 heteroatoms. The van der Waals surface area contributed by atoms with Gasteiger partial charge in [-0.1, -0.05) is 94.4 Å². The van der Waals surface area contributed by atoms with Crippen LogP contribution in [0.4, 0.5) is 4.39 Å². The van der Waals surface area contributed by atoms with E-state index in [9.17, 15) is 77.6 Å². The molecule has 1 heterocycles. The van der Waals surface area contributed by atoms with E-state index in [0.29, 0.717) is 28.7 Å². The lowest BCUT2D eigenvalue weighted by Crippen LogP contribution is -2.61. The van der Waals surface area contributed by atoms with E-state index in [2.05, 4.69) is 42.5 Å². The van der Waals surface area contributed by atoms with Crippen LogP contribution in [0.15, 0.2) is 103 Å². The Balaban J connectivity index is 1.43. The van der Waals surface area contributed by atoms with Crippen LogP contribution in [0.5, 0.6) is 11.5 Å². The standard InChI is InChI=1S/C65H85FN12O16/c1-35(2)28-45(71-56(84)44(12-8-26-67)70-63(91)55(69)36(3)4)57(85)76-50(31-39-16-22-42(79)23-17-39)64(92)78-27-9-13-52(78)62(90)75-47(30-38-14-20-41(66)21-15-38)59(87)72-46(29-37-10-6-5-7-11-37)58(86)73-48(33-53(68)81)60(88)74-49(34-54(82)83)61(89)77-51(65(93)94)32-40-18-24-43(80)25-19-40/h5-7,10-11,14-25,35-36,44-52,55,79-80H,8-9,12-13,26-34,67,69H2,1-4H3,(H2,68,81)(H,70,91)(H,71,84)(H,72,87)(H,73,86)(H,74,88)(H,75,90)(H,76,85)(H,77,89)(H,82,83)(H,93,94)/t44-,45-,46-,47-,48-,49-,50-,51-,52-,55-/m0/s1. The van der Waals surface area contributed by atoms with E-state index in [0.717, 1.165) is 12.1 Å². The predicted octanol–water partition coefficient (Wildman–Crippen LogP) is -0.420. The second-order valence-corrected chi connectivity index (χ2v) is 23.9. The van der Waals surface area contributed by atoms with Crippen LogP contribution < -0.4 is 59.7 Å². The zero-order valence-electron chi connectivity index (χ0n) is 52.7. The molecule has 0 aliphatic carbocycles. The maximum atomic E-state index is 15.0. The number of aromatic hydroxyl groups is 2. The predicted molar refractivity (Wildman–Crippen MR) is 338 cm³/mol. The lowest BCUT2D eigenvalue weighted by molar-refractivity contribution is -0.144. The first-order chi connectivity index (χ1) is 44.5. The van der Waals surface area contributed by atoms with Crippen molar-refractivity contribution >= 4 is 71.0 Å². The summed E-state index contributed by atoms with van der Waals surface area (Å²) in [5.74, 6) is -14.1. The molecule has 0 aromatic heterocycles. The van der Waals surface area contributed by atoms with Crippen molar-refractivity contribution < 1.29 is 82.4 Å². The highest BCUT2D eigenvalue weighted by molar-refractivity contribution is 6.00. The molecule has 18 N–H and O–H groups in total. The van der Waals surface area contributed by atoms with Crippen LogP contribution in [0.25, 0.3) is 0 Å². The second kappa shape index (κ2) is 36.3. The van der Waals surface area contributed by atoms with E-state index < -0.39 is 150 Å². The Morgan fingerprint density at radius 3 is 1.44 bits per heavy atom. The van der Waals surface area contributed by atoms with Gasteiger partial charge >= 0.3 is 11.9 Å². The third-order valence-corrected chi connectivity index (χ3v) is 15.5. The maximum Gasteiger partial charge on any atom is 0.326 e. The molecule has 0 radical (unpaired) electrons. The Labute approximate surface area is 542 Å². The number of nitrogens with zero attached hydrogens (tertiary/aromatic N) is 1. The highest BCUT2D eigenvalue weighted by Crippen LogP contribution is 2.23. The molecule has 0 unspecified atom stereocenters. The highest BCUT2D eigenvalue weighted by atomic mass is 19.1. The zero-order valence-corrected chi connectivity index (χ0v) is 52.7. The molecule has 0 saturated carbocycles. The van der Waals surface area contributed by atoms with Crippen molar-refractivity contribution in [3.63, 3.8) is 0 Å². The van der Waals surface area contributed by atoms with Gasteiger partial charge in [-0.15, -0.1) is 0 Å². The summed E-state index contributed by atoms with van der Waals surface area (Å²) in [6.45, 7) is 7.25. The minimum Gasteiger partial charge on any atom is -0.508 e. The topological polar surface area (TPSA) is 463 Å². The number of nitrogens with one attached hydrogen (secondary N) is 8. The van der Waals surface area contributed by atoms with Gasteiger partial charge < -0.3 is 85.1 Å². The first kappa shape index (κ1) is 74.7. The number of likely N-dealkylation sites (tertiary alicyclic amines) is 1. The summed E-state index contributed by atoms with van der Waals surface area (Å²) >= 11 is 0. The van der Waals surface area contributed by atoms with Crippen molar-refractivity contribution in [2.75, 3.05) is 13.1 Å². The van der Waals surface area contributed by atoms with E-state index in [1.54, 1.807) is 58.0 Å². The van der Waals surface area contributed by atoms with E-state index >= 15 is 4.79 Å². The number of carboxylic acid groups (broad SMARTS) is 2. The summed E-state index contributed by atoms with van der Waals surface area (Å²) in [6.07, 6.45) is -2.45. The van der Waals surface area contributed by atoms with Gasteiger partial charge in [0.15, 0.2) is 0 Å². The van der Waals surface area contributed by atoms with Crippen LogP contribution in [-0.2, 0) is 83.2 Å². The van der Waals surface area contributed by atoms with Gasteiger partial charge in [0.05, 0.1) is 18.9 Å².